The molecule has 0 spiro atoms. The zero-order valence-corrected chi connectivity index (χ0v) is 13.1. The molecule has 0 aliphatic carbocycles. The lowest BCUT2D eigenvalue weighted by Crippen LogP contribution is -2.35. The number of aliphatic hydroxyl groups excluding tert-OH is 2. The van der Waals surface area contributed by atoms with Gasteiger partial charge in [0.25, 0.3) is 0 Å². The van der Waals surface area contributed by atoms with Crippen LogP contribution in [0.25, 0.3) is 0 Å². The minimum Gasteiger partial charge on any atom is -0.395 e. The van der Waals surface area contributed by atoms with Crippen LogP contribution in [0.3, 0.4) is 0 Å². The van der Waals surface area contributed by atoms with E-state index >= 15 is 0 Å². The minimum atomic E-state index is -0.533. The Morgan fingerprint density at radius 3 is 2.44 bits per heavy atom. The molecule has 0 aromatic heterocycles. The van der Waals surface area contributed by atoms with E-state index in [1.807, 2.05) is 36.0 Å². The van der Waals surface area contributed by atoms with Gasteiger partial charge in [0.05, 0.1) is 13.2 Å². The first-order valence-electron chi connectivity index (χ1n) is 6.24. The number of benzene rings is 1. The maximum absolute atomic E-state index is 9.72. The van der Waals surface area contributed by atoms with Gasteiger partial charge in [0.1, 0.15) is 0 Å². The Kier molecular flexibility index (Phi) is 7.30. The predicted molar refractivity (Wildman–Crippen MR) is 82.2 cm³/mol. The Hall–Kier alpha value is -0.0300. The molecule has 2 N–H and O–H groups in total. The van der Waals surface area contributed by atoms with Crippen LogP contribution in [0.5, 0.6) is 0 Å². The number of hydrogen-bond acceptors (Lipinski definition) is 3. The Labute approximate surface area is 122 Å². The number of rotatable bonds is 8. The highest BCUT2D eigenvalue weighted by Gasteiger charge is 2.32. The third-order valence-corrected chi connectivity index (χ3v) is 4.88. The van der Waals surface area contributed by atoms with Gasteiger partial charge in [-0.1, -0.05) is 41.1 Å². The van der Waals surface area contributed by atoms with E-state index in [1.54, 1.807) is 0 Å². The molecule has 2 nitrogen and oxygen atoms in total. The van der Waals surface area contributed by atoms with Crippen LogP contribution in [0.1, 0.15) is 25.3 Å². The summed E-state index contributed by atoms with van der Waals surface area (Å²) >= 11 is 5.40. The molecular weight excluding hydrogens is 312 g/mol. The lowest BCUT2D eigenvalue weighted by molar-refractivity contribution is 0.108. The summed E-state index contributed by atoms with van der Waals surface area (Å²) in [6.45, 7) is 2.09. The molecule has 1 aromatic rings. The lowest BCUT2D eigenvalue weighted by atomic mass is 9.78. The van der Waals surface area contributed by atoms with Crippen LogP contribution in [0.4, 0.5) is 0 Å². The van der Waals surface area contributed by atoms with Gasteiger partial charge in [0.2, 0.25) is 0 Å². The largest absolute Gasteiger partial charge is 0.395 e. The topological polar surface area (TPSA) is 40.5 Å². The highest BCUT2D eigenvalue weighted by atomic mass is 79.9. The molecule has 0 radical (unpaired) electrons. The number of halogens is 1. The van der Waals surface area contributed by atoms with E-state index in [9.17, 15) is 10.2 Å². The number of hydrogen-bond donors (Lipinski definition) is 2. The van der Waals surface area contributed by atoms with Crippen molar-refractivity contribution in [2.45, 2.75) is 25.2 Å². The van der Waals surface area contributed by atoms with Crippen molar-refractivity contribution in [1.82, 2.24) is 0 Å². The van der Waals surface area contributed by atoms with Gasteiger partial charge < -0.3 is 10.2 Å². The molecule has 0 saturated heterocycles. The maximum atomic E-state index is 9.72. The quantitative estimate of drug-likeness (QED) is 0.718. The van der Waals surface area contributed by atoms with Crippen molar-refractivity contribution in [2.75, 3.05) is 24.7 Å². The standard InChI is InChI=1S/C14H21BrO2S/c1-2-18-9-5-8-14(10-16,11-17)12-6-3-4-7-13(12)15/h3-4,6-7,16-17H,2,5,8-11H2,1H3. The second-order valence-corrected chi connectivity index (χ2v) is 6.63. The van der Waals surface area contributed by atoms with E-state index < -0.39 is 5.41 Å². The molecule has 1 rings (SSSR count). The monoisotopic (exact) mass is 332 g/mol. The molecule has 0 amide bonds. The van der Waals surface area contributed by atoms with Crippen LogP contribution >= 0.6 is 27.7 Å². The van der Waals surface area contributed by atoms with Gasteiger partial charge in [-0.15, -0.1) is 0 Å². The van der Waals surface area contributed by atoms with Crippen LogP contribution < -0.4 is 0 Å². The first-order chi connectivity index (χ1) is 8.70. The molecular formula is C14H21BrO2S. The zero-order valence-electron chi connectivity index (χ0n) is 10.7. The predicted octanol–water partition coefficient (Wildman–Crippen LogP) is 3.20. The van der Waals surface area contributed by atoms with Crippen molar-refractivity contribution >= 4 is 27.7 Å². The third kappa shape index (κ3) is 3.98. The highest BCUT2D eigenvalue weighted by molar-refractivity contribution is 9.10. The van der Waals surface area contributed by atoms with Crippen LogP contribution in [0.2, 0.25) is 0 Å². The molecule has 0 saturated carbocycles. The second-order valence-electron chi connectivity index (χ2n) is 4.38. The second kappa shape index (κ2) is 8.20. The molecule has 0 fully saturated rings. The molecule has 1 aromatic carbocycles. The Morgan fingerprint density at radius 2 is 1.89 bits per heavy atom. The summed E-state index contributed by atoms with van der Waals surface area (Å²) in [6, 6.07) is 7.82. The molecule has 0 heterocycles. The average molecular weight is 333 g/mol. The van der Waals surface area contributed by atoms with Crippen molar-refractivity contribution < 1.29 is 10.2 Å². The van der Waals surface area contributed by atoms with Gasteiger partial charge in [-0.3, -0.25) is 0 Å². The van der Waals surface area contributed by atoms with Crippen molar-refractivity contribution in [1.29, 1.82) is 0 Å². The normalized spacial score (nSPS) is 11.8. The van der Waals surface area contributed by atoms with Crippen molar-refractivity contribution in [3.8, 4) is 0 Å². The minimum absolute atomic E-state index is 0.0249. The fourth-order valence-electron chi connectivity index (χ4n) is 2.06. The first-order valence-corrected chi connectivity index (χ1v) is 8.19. The van der Waals surface area contributed by atoms with E-state index in [4.69, 9.17) is 0 Å². The fourth-order valence-corrected chi connectivity index (χ4v) is 3.40. The maximum Gasteiger partial charge on any atom is 0.0550 e. The van der Waals surface area contributed by atoms with Crippen molar-refractivity contribution in [2.24, 2.45) is 0 Å². The smallest absolute Gasteiger partial charge is 0.0550 e. The summed E-state index contributed by atoms with van der Waals surface area (Å²) in [4.78, 5) is 0. The summed E-state index contributed by atoms with van der Waals surface area (Å²) in [7, 11) is 0. The van der Waals surface area contributed by atoms with Crippen LogP contribution in [-0.4, -0.2) is 34.9 Å². The van der Waals surface area contributed by atoms with E-state index in [0.717, 1.165) is 34.4 Å². The fraction of sp³-hybridized carbons (Fsp3) is 0.571. The number of thioether (sulfide) groups is 1. The summed E-state index contributed by atoms with van der Waals surface area (Å²) < 4.78 is 0.955. The first kappa shape index (κ1) is 16.0. The van der Waals surface area contributed by atoms with Gasteiger partial charge in [0.15, 0.2) is 0 Å². The van der Waals surface area contributed by atoms with Gasteiger partial charge in [-0.05, 0) is 36.0 Å². The molecule has 102 valence electrons. The van der Waals surface area contributed by atoms with E-state index in [0.29, 0.717) is 0 Å². The molecule has 4 heteroatoms. The summed E-state index contributed by atoms with van der Waals surface area (Å²) in [6.07, 6.45) is 1.80. The number of aliphatic hydroxyl groups is 2. The van der Waals surface area contributed by atoms with Gasteiger partial charge in [-0.25, -0.2) is 0 Å². The van der Waals surface area contributed by atoms with E-state index in [2.05, 4.69) is 22.9 Å². The van der Waals surface area contributed by atoms with E-state index in [-0.39, 0.29) is 13.2 Å². The Morgan fingerprint density at radius 1 is 1.22 bits per heavy atom. The van der Waals surface area contributed by atoms with Gasteiger partial charge in [-0.2, -0.15) is 11.8 Å². The van der Waals surface area contributed by atoms with Gasteiger partial charge >= 0.3 is 0 Å². The SMILES string of the molecule is CCSCCCC(CO)(CO)c1ccccc1Br. The molecule has 0 aliphatic rings. The van der Waals surface area contributed by atoms with E-state index in [1.165, 1.54) is 0 Å². The summed E-state index contributed by atoms with van der Waals surface area (Å²) in [5.74, 6) is 2.18. The Balaban J connectivity index is 2.83. The zero-order chi connectivity index (χ0) is 13.4. The third-order valence-electron chi connectivity index (χ3n) is 3.20. The molecule has 0 atom stereocenters. The van der Waals surface area contributed by atoms with Crippen LogP contribution in [-0.2, 0) is 5.41 Å². The van der Waals surface area contributed by atoms with Crippen LogP contribution in [0, 0.1) is 0 Å². The van der Waals surface area contributed by atoms with Crippen molar-refractivity contribution in [3.63, 3.8) is 0 Å². The van der Waals surface area contributed by atoms with Crippen molar-refractivity contribution in [3.05, 3.63) is 34.3 Å². The molecule has 0 unspecified atom stereocenters. The lowest BCUT2D eigenvalue weighted by Gasteiger charge is -2.31. The highest BCUT2D eigenvalue weighted by Crippen LogP contribution is 2.34. The van der Waals surface area contributed by atoms with Gasteiger partial charge in [0, 0.05) is 9.89 Å². The molecule has 18 heavy (non-hydrogen) atoms. The summed E-state index contributed by atoms with van der Waals surface area (Å²) in [5.41, 5.74) is 0.463. The van der Waals surface area contributed by atoms with Crippen LogP contribution in [0.15, 0.2) is 28.7 Å². The average Bonchev–Trinajstić information content (AvgIpc) is 2.41. The molecule has 0 aliphatic heterocycles. The summed E-state index contributed by atoms with van der Waals surface area (Å²) in [5, 5.41) is 19.4. The Bertz CT molecular complexity index is 353. The molecule has 0 bridgehead atoms.